The summed E-state index contributed by atoms with van der Waals surface area (Å²) in [4.78, 5) is 25.4. The van der Waals surface area contributed by atoms with Crippen LogP contribution in [0.2, 0.25) is 0 Å². The Morgan fingerprint density at radius 1 is 0.514 bits per heavy atom. The van der Waals surface area contributed by atoms with E-state index in [1.54, 1.807) is 6.08 Å². The van der Waals surface area contributed by atoms with E-state index in [2.05, 4.69) is 153 Å². The quantitative estimate of drug-likeness (QED) is 0.0272. The van der Waals surface area contributed by atoms with Gasteiger partial charge in [-0.2, -0.15) is 0 Å². The van der Waals surface area contributed by atoms with E-state index in [4.69, 9.17) is 9.05 Å². The van der Waals surface area contributed by atoms with Crippen molar-refractivity contribution in [2.24, 2.45) is 0 Å². The van der Waals surface area contributed by atoms with Crippen LogP contribution in [0.3, 0.4) is 0 Å². The van der Waals surface area contributed by atoms with Crippen LogP contribution in [0.25, 0.3) is 0 Å². The molecule has 396 valence electrons. The summed E-state index contributed by atoms with van der Waals surface area (Å²) in [6.07, 6.45) is 77.8. The Labute approximate surface area is 429 Å². The molecule has 0 aromatic heterocycles. The zero-order valence-corrected chi connectivity index (χ0v) is 45.8. The number of carbonyl (C=O) groups is 1. The maximum Gasteiger partial charge on any atom is 0.268 e. The van der Waals surface area contributed by atoms with E-state index >= 15 is 0 Å². The molecule has 0 saturated carbocycles. The fraction of sp³-hybridized carbons (Fsp3) is 0.590. The minimum Gasteiger partial charge on any atom is -0.756 e. The lowest BCUT2D eigenvalue weighted by Crippen LogP contribution is -2.45. The third-order valence-corrected chi connectivity index (χ3v) is 12.0. The molecule has 0 aliphatic heterocycles. The summed E-state index contributed by atoms with van der Waals surface area (Å²) in [5, 5.41) is 13.8. The average Bonchev–Trinajstić information content (AvgIpc) is 3.32. The Morgan fingerprint density at radius 2 is 0.871 bits per heavy atom. The number of phosphoric ester groups is 1. The highest BCUT2D eigenvalue weighted by Crippen LogP contribution is 2.38. The van der Waals surface area contributed by atoms with Crippen LogP contribution in [0.5, 0.6) is 0 Å². The van der Waals surface area contributed by atoms with Gasteiger partial charge in [0.15, 0.2) is 0 Å². The molecule has 0 aliphatic rings. The van der Waals surface area contributed by atoms with E-state index < -0.39 is 26.6 Å². The van der Waals surface area contributed by atoms with Crippen LogP contribution in [-0.2, 0) is 18.4 Å². The summed E-state index contributed by atoms with van der Waals surface area (Å²) in [5.41, 5.74) is 0. The summed E-state index contributed by atoms with van der Waals surface area (Å²) < 4.78 is 23.2. The molecule has 0 aromatic carbocycles. The number of carbonyl (C=O) groups excluding carboxylic acids is 1. The Hall–Kier alpha value is -3.62. The number of nitrogens with one attached hydrogen (secondary N) is 1. The number of aliphatic hydroxyl groups excluding tert-OH is 1. The highest BCUT2D eigenvalue weighted by molar-refractivity contribution is 7.45. The summed E-state index contributed by atoms with van der Waals surface area (Å²) in [6.45, 7) is 4.46. The molecule has 0 aromatic rings. The first-order valence-electron chi connectivity index (χ1n) is 27.2. The molecule has 0 aliphatic carbocycles. The smallest absolute Gasteiger partial charge is 0.268 e. The number of rotatable bonds is 47. The van der Waals surface area contributed by atoms with E-state index in [9.17, 15) is 19.4 Å². The van der Waals surface area contributed by atoms with Crippen molar-refractivity contribution in [2.45, 2.75) is 193 Å². The number of likely N-dealkylation sites (N-methyl/N-ethyl adjacent to an activating group) is 1. The number of hydrogen-bond donors (Lipinski definition) is 2. The highest BCUT2D eigenvalue weighted by atomic mass is 31.2. The van der Waals surface area contributed by atoms with E-state index in [1.807, 2.05) is 27.2 Å². The number of aliphatic hydroxyl groups is 1. The molecule has 0 spiro atoms. The number of amides is 1. The molecular weight excluding hydrogens is 888 g/mol. The zero-order valence-electron chi connectivity index (χ0n) is 44.9. The van der Waals surface area contributed by atoms with Gasteiger partial charge in [-0.05, 0) is 103 Å². The zero-order chi connectivity index (χ0) is 51.3. The van der Waals surface area contributed by atoms with Crippen LogP contribution in [-0.4, -0.2) is 68.5 Å². The fourth-order valence-corrected chi connectivity index (χ4v) is 7.52. The molecule has 0 rings (SSSR count). The van der Waals surface area contributed by atoms with Gasteiger partial charge in [-0.1, -0.05) is 217 Å². The van der Waals surface area contributed by atoms with Crippen molar-refractivity contribution in [3.63, 3.8) is 0 Å². The highest BCUT2D eigenvalue weighted by Gasteiger charge is 2.23. The predicted molar refractivity (Wildman–Crippen MR) is 301 cm³/mol. The Morgan fingerprint density at radius 3 is 1.27 bits per heavy atom. The molecule has 0 radical (unpaired) electrons. The molecule has 0 saturated heterocycles. The van der Waals surface area contributed by atoms with Crippen LogP contribution >= 0.6 is 7.82 Å². The van der Waals surface area contributed by atoms with Crippen LogP contribution < -0.4 is 10.2 Å². The monoisotopic (exact) mass is 989 g/mol. The van der Waals surface area contributed by atoms with Crippen LogP contribution in [0.1, 0.15) is 181 Å². The first kappa shape index (κ1) is 66.4. The lowest BCUT2D eigenvalue weighted by Gasteiger charge is -2.29. The van der Waals surface area contributed by atoms with Gasteiger partial charge in [-0.25, -0.2) is 0 Å². The minimum absolute atomic E-state index is 0.0161. The lowest BCUT2D eigenvalue weighted by atomic mass is 10.1. The number of phosphoric acid groups is 1. The minimum atomic E-state index is -4.61. The van der Waals surface area contributed by atoms with Crippen LogP contribution in [0.15, 0.2) is 146 Å². The van der Waals surface area contributed by atoms with Crippen molar-refractivity contribution in [3.05, 3.63) is 146 Å². The van der Waals surface area contributed by atoms with E-state index in [-0.39, 0.29) is 12.5 Å². The summed E-state index contributed by atoms with van der Waals surface area (Å²) in [5.74, 6) is -0.238. The molecule has 9 heteroatoms. The number of hydrogen-bond acceptors (Lipinski definition) is 6. The first-order chi connectivity index (χ1) is 34.0. The maximum atomic E-state index is 12.9. The van der Waals surface area contributed by atoms with Gasteiger partial charge in [0.1, 0.15) is 13.2 Å². The molecule has 0 bridgehead atoms. The first-order valence-corrected chi connectivity index (χ1v) is 28.7. The topological polar surface area (TPSA) is 108 Å². The van der Waals surface area contributed by atoms with Gasteiger partial charge >= 0.3 is 0 Å². The van der Waals surface area contributed by atoms with Gasteiger partial charge in [0, 0.05) is 6.42 Å². The third-order valence-electron chi connectivity index (χ3n) is 11.1. The second-order valence-electron chi connectivity index (χ2n) is 18.9. The molecule has 8 nitrogen and oxygen atoms in total. The van der Waals surface area contributed by atoms with Gasteiger partial charge < -0.3 is 28.8 Å². The van der Waals surface area contributed by atoms with E-state index in [0.29, 0.717) is 23.9 Å². The van der Waals surface area contributed by atoms with Crippen molar-refractivity contribution in [1.82, 2.24) is 5.32 Å². The summed E-state index contributed by atoms with van der Waals surface area (Å²) >= 11 is 0. The van der Waals surface area contributed by atoms with Gasteiger partial charge in [0.05, 0.1) is 39.9 Å². The lowest BCUT2D eigenvalue weighted by molar-refractivity contribution is -0.870. The number of allylic oxidation sites excluding steroid dienone is 23. The molecule has 2 N–H and O–H groups in total. The van der Waals surface area contributed by atoms with Gasteiger partial charge in [-0.3, -0.25) is 9.36 Å². The Kier molecular flexibility index (Phi) is 47.7. The largest absolute Gasteiger partial charge is 0.756 e. The van der Waals surface area contributed by atoms with Crippen LogP contribution in [0.4, 0.5) is 0 Å². The molecule has 1 amide bonds. The van der Waals surface area contributed by atoms with Crippen molar-refractivity contribution >= 4 is 13.7 Å². The predicted octanol–water partition coefficient (Wildman–Crippen LogP) is 15.9. The van der Waals surface area contributed by atoms with Crippen molar-refractivity contribution in [3.8, 4) is 0 Å². The number of quaternary nitrogens is 1. The molecular formula is C61H101N2O6P. The fourth-order valence-electron chi connectivity index (χ4n) is 6.80. The second-order valence-corrected chi connectivity index (χ2v) is 20.3. The van der Waals surface area contributed by atoms with Crippen molar-refractivity contribution < 1.29 is 32.9 Å². The number of unbranched alkanes of at least 4 members (excludes halogenated alkanes) is 12. The Balaban J connectivity index is 4.24. The molecule has 70 heavy (non-hydrogen) atoms. The van der Waals surface area contributed by atoms with Gasteiger partial charge in [0.25, 0.3) is 7.82 Å². The van der Waals surface area contributed by atoms with Crippen molar-refractivity contribution in [1.29, 1.82) is 0 Å². The summed E-state index contributed by atoms with van der Waals surface area (Å²) in [7, 11) is 1.21. The summed E-state index contributed by atoms with van der Waals surface area (Å²) in [6, 6.07) is -0.914. The Bertz CT molecular complexity index is 1640. The maximum absolute atomic E-state index is 12.9. The molecule has 3 unspecified atom stereocenters. The second kappa shape index (κ2) is 50.3. The molecule has 0 heterocycles. The third kappa shape index (κ3) is 52.2. The molecule has 0 fully saturated rings. The normalized spacial score (nSPS) is 15.1. The molecule has 3 atom stereocenters. The average molecular weight is 989 g/mol. The van der Waals surface area contributed by atoms with Gasteiger partial charge in [-0.15, -0.1) is 0 Å². The van der Waals surface area contributed by atoms with Crippen molar-refractivity contribution in [2.75, 3.05) is 40.9 Å². The van der Waals surface area contributed by atoms with Gasteiger partial charge in [0.2, 0.25) is 5.91 Å². The van der Waals surface area contributed by atoms with E-state index in [1.165, 1.54) is 44.9 Å². The van der Waals surface area contributed by atoms with Crippen LogP contribution in [0, 0.1) is 0 Å². The SMILES string of the molecule is CC/C=C\C/C=C\C/C=C\C/C=C\C/C=C\C/C=C\C/C=C\C/C=C\C/C=C\C/C=C\C/C=C\CCCCCC(=O)NC(COP(=O)([O-])OCC[N+](C)(C)C)C(O)/C=C/CCCCCCCCCCC. The van der Waals surface area contributed by atoms with E-state index in [0.717, 1.165) is 109 Å². The number of nitrogens with zero attached hydrogens (tertiary/aromatic N) is 1. The standard InChI is InChI=1S/C61H101N2O6P/c1-6-8-10-12-14-16-18-19-20-21-22-23-24-25-26-27-28-29-30-31-32-33-34-35-36-37-38-39-40-41-42-43-45-47-49-51-53-55-61(65)62-59(58-69-70(66,67)68-57-56-63(3,4)5)60(64)54-52-50-48-46-44-17-15-13-11-9-7-2/h8,10,14,16,19-20,22-23,25-26,28-29,31-32,34-35,37-38,40-41,43,45,52,54,59-60,64H,6-7,9,11-13,15,17-18,21,24,27,30,33,36,39,42,44,46-51,53,55-58H2,1-5H3,(H-,62,65,66,67)/b10-8-,16-14-,20-19-,23-22-,26-25-,29-28-,32-31-,35-34-,38-37-,41-40-,45-43-,54-52+.